The Morgan fingerprint density at radius 3 is 3.07 bits per heavy atom. The normalized spacial score (nSPS) is 20.8. The summed E-state index contributed by atoms with van der Waals surface area (Å²) in [5.41, 5.74) is 0.712. The van der Waals surface area contributed by atoms with E-state index in [1.54, 1.807) is 11.3 Å². The van der Waals surface area contributed by atoms with Crippen LogP contribution in [-0.2, 0) is 17.6 Å². The number of aryl methyl sites for hydroxylation is 1. The lowest BCUT2D eigenvalue weighted by Gasteiger charge is -2.21. The van der Waals surface area contributed by atoms with Gasteiger partial charge in [0.2, 0.25) is 5.91 Å². The van der Waals surface area contributed by atoms with Gasteiger partial charge in [0, 0.05) is 4.88 Å². The van der Waals surface area contributed by atoms with E-state index in [1.165, 1.54) is 28.6 Å². The number of nitrogens with one attached hydrogen (secondary N) is 1. The Balaban J connectivity index is 1.36. The van der Waals surface area contributed by atoms with Crippen LogP contribution >= 0.6 is 23.1 Å². The standard InChI is InChI=1S/C19H22N4O2S2/c1-12-4-5-14-13(8-12)9-15(27-14)17-22-23-18(25-17)26-10-16(24)21-19(11-20)6-2-3-7-19/h9,12H,2-8,10H2,1H3,(H,21,24)/t12-/m1/s1. The van der Waals surface area contributed by atoms with E-state index in [-0.39, 0.29) is 11.7 Å². The Morgan fingerprint density at radius 1 is 1.48 bits per heavy atom. The van der Waals surface area contributed by atoms with Gasteiger partial charge < -0.3 is 9.73 Å². The molecule has 2 aromatic heterocycles. The number of hydrogen-bond donors (Lipinski definition) is 1. The van der Waals surface area contributed by atoms with Crippen LogP contribution in [0.4, 0.5) is 0 Å². The number of thioether (sulfide) groups is 1. The highest BCUT2D eigenvalue weighted by Crippen LogP contribution is 2.37. The molecule has 0 aliphatic heterocycles. The molecule has 4 rings (SSSR count). The average Bonchev–Trinajstić information content (AvgIpc) is 3.39. The molecule has 0 saturated heterocycles. The number of nitrogens with zero attached hydrogens (tertiary/aromatic N) is 3. The van der Waals surface area contributed by atoms with Crippen LogP contribution in [0.15, 0.2) is 15.7 Å². The summed E-state index contributed by atoms with van der Waals surface area (Å²) in [6, 6.07) is 4.44. The maximum Gasteiger partial charge on any atom is 0.277 e. The second-order valence-corrected chi connectivity index (χ2v) is 9.58. The molecule has 1 atom stereocenters. The number of amides is 1. The van der Waals surface area contributed by atoms with E-state index in [4.69, 9.17) is 4.42 Å². The molecule has 0 unspecified atom stereocenters. The van der Waals surface area contributed by atoms with Gasteiger partial charge in [-0.25, -0.2) is 0 Å². The summed E-state index contributed by atoms with van der Waals surface area (Å²) < 4.78 is 5.75. The number of nitriles is 1. The van der Waals surface area contributed by atoms with Crippen molar-refractivity contribution in [1.29, 1.82) is 5.26 Å². The predicted octanol–water partition coefficient (Wildman–Crippen LogP) is 3.97. The van der Waals surface area contributed by atoms with E-state index in [0.29, 0.717) is 11.1 Å². The van der Waals surface area contributed by atoms with Gasteiger partial charge in [-0.15, -0.1) is 21.5 Å². The molecule has 0 radical (unpaired) electrons. The van der Waals surface area contributed by atoms with Crippen LogP contribution < -0.4 is 5.32 Å². The summed E-state index contributed by atoms with van der Waals surface area (Å²) in [7, 11) is 0. The van der Waals surface area contributed by atoms with Gasteiger partial charge in [-0.2, -0.15) is 5.26 Å². The monoisotopic (exact) mass is 402 g/mol. The van der Waals surface area contributed by atoms with E-state index >= 15 is 0 Å². The van der Waals surface area contributed by atoms with Crippen molar-refractivity contribution in [2.45, 2.75) is 62.6 Å². The number of fused-ring (bicyclic) bond motifs is 1. The van der Waals surface area contributed by atoms with Gasteiger partial charge in [0.1, 0.15) is 5.54 Å². The first-order valence-corrected chi connectivity index (χ1v) is 11.2. The van der Waals surface area contributed by atoms with Crippen LogP contribution in [0.1, 0.15) is 49.5 Å². The summed E-state index contributed by atoms with van der Waals surface area (Å²) in [6.07, 6.45) is 6.89. The van der Waals surface area contributed by atoms with Crippen molar-refractivity contribution in [2.75, 3.05) is 5.75 Å². The summed E-state index contributed by atoms with van der Waals surface area (Å²) in [4.78, 5) is 14.6. The number of rotatable bonds is 5. The highest BCUT2D eigenvalue weighted by atomic mass is 32.2. The van der Waals surface area contributed by atoms with Gasteiger partial charge in [-0.05, 0) is 62.5 Å². The number of hydrogen-bond acceptors (Lipinski definition) is 7. The molecular weight excluding hydrogens is 380 g/mol. The first kappa shape index (κ1) is 18.5. The SMILES string of the molecule is C[C@@H]1CCc2sc(-c3nnc(SCC(=O)NC4(C#N)CCCC4)o3)cc2C1. The van der Waals surface area contributed by atoms with Crippen molar-refractivity contribution in [2.24, 2.45) is 5.92 Å². The second-order valence-electron chi connectivity index (χ2n) is 7.52. The molecule has 6 nitrogen and oxygen atoms in total. The highest BCUT2D eigenvalue weighted by molar-refractivity contribution is 7.99. The van der Waals surface area contributed by atoms with Crippen LogP contribution in [0, 0.1) is 17.2 Å². The van der Waals surface area contributed by atoms with Crippen molar-refractivity contribution in [3.8, 4) is 16.8 Å². The summed E-state index contributed by atoms with van der Waals surface area (Å²) in [5, 5.41) is 20.8. The van der Waals surface area contributed by atoms with Crippen LogP contribution in [0.25, 0.3) is 10.8 Å². The fourth-order valence-corrected chi connectivity index (χ4v) is 5.55. The van der Waals surface area contributed by atoms with Crippen molar-refractivity contribution in [3.05, 3.63) is 16.5 Å². The number of aromatic nitrogens is 2. The maximum absolute atomic E-state index is 12.2. The summed E-state index contributed by atoms with van der Waals surface area (Å²) in [5.74, 6) is 1.26. The van der Waals surface area contributed by atoms with Crippen molar-refractivity contribution < 1.29 is 9.21 Å². The Bertz CT molecular complexity index is 877. The van der Waals surface area contributed by atoms with E-state index in [0.717, 1.165) is 49.3 Å². The molecule has 0 bridgehead atoms. The van der Waals surface area contributed by atoms with Crippen molar-refractivity contribution >= 4 is 29.0 Å². The molecule has 8 heteroatoms. The van der Waals surface area contributed by atoms with Crippen LogP contribution in [0.2, 0.25) is 0 Å². The molecule has 0 aromatic carbocycles. The molecule has 2 aliphatic carbocycles. The molecule has 1 saturated carbocycles. The lowest BCUT2D eigenvalue weighted by molar-refractivity contribution is -0.119. The van der Waals surface area contributed by atoms with Crippen molar-refractivity contribution in [3.63, 3.8) is 0 Å². The zero-order chi connectivity index (χ0) is 18.9. The van der Waals surface area contributed by atoms with E-state index in [1.807, 2.05) is 0 Å². The molecule has 2 heterocycles. The zero-order valence-corrected chi connectivity index (χ0v) is 16.9. The van der Waals surface area contributed by atoms with E-state index in [9.17, 15) is 10.1 Å². The van der Waals surface area contributed by atoms with Gasteiger partial charge in [-0.3, -0.25) is 4.79 Å². The quantitative estimate of drug-likeness (QED) is 0.761. The Hall–Kier alpha value is -1.85. The molecule has 27 heavy (non-hydrogen) atoms. The lowest BCUT2D eigenvalue weighted by atomic mass is 9.90. The number of carbonyl (C=O) groups is 1. The predicted molar refractivity (Wildman–Crippen MR) is 104 cm³/mol. The molecule has 2 aliphatic rings. The minimum Gasteiger partial charge on any atom is -0.410 e. The Labute approximate surface area is 166 Å². The Morgan fingerprint density at radius 2 is 2.30 bits per heavy atom. The second kappa shape index (κ2) is 7.64. The molecule has 1 N–H and O–H groups in total. The van der Waals surface area contributed by atoms with Crippen LogP contribution in [0.5, 0.6) is 0 Å². The van der Waals surface area contributed by atoms with Crippen LogP contribution in [-0.4, -0.2) is 27.4 Å². The first-order valence-electron chi connectivity index (χ1n) is 9.37. The maximum atomic E-state index is 12.2. The van der Waals surface area contributed by atoms with Crippen molar-refractivity contribution in [1.82, 2.24) is 15.5 Å². The molecule has 142 valence electrons. The summed E-state index contributed by atoms with van der Waals surface area (Å²) >= 11 is 2.95. The van der Waals surface area contributed by atoms with Crippen LogP contribution in [0.3, 0.4) is 0 Å². The minimum atomic E-state index is -0.690. The molecule has 0 spiro atoms. The summed E-state index contributed by atoms with van der Waals surface area (Å²) in [6.45, 7) is 2.29. The molecule has 2 aromatic rings. The fraction of sp³-hybridized carbons (Fsp3) is 0.579. The van der Waals surface area contributed by atoms with Gasteiger partial charge in [0.25, 0.3) is 11.1 Å². The van der Waals surface area contributed by atoms with E-state index in [2.05, 4.69) is 34.6 Å². The van der Waals surface area contributed by atoms with Gasteiger partial charge in [-0.1, -0.05) is 18.7 Å². The third kappa shape index (κ3) is 4.04. The highest BCUT2D eigenvalue weighted by Gasteiger charge is 2.35. The number of carbonyl (C=O) groups excluding carboxylic acids is 1. The zero-order valence-electron chi connectivity index (χ0n) is 15.3. The minimum absolute atomic E-state index is 0.163. The molecular formula is C19H22N4O2S2. The van der Waals surface area contributed by atoms with Gasteiger partial charge in [0.15, 0.2) is 0 Å². The lowest BCUT2D eigenvalue weighted by Crippen LogP contribution is -2.45. The average molecular weight is 403 g/mol. The largest absolute Gasteiger partial charge is 0.410 e. The number of thiophene rings is 1. The smallest absolute Gasteiger partial charge is 0.277 e. The Kier molecular flexibility index (Phi) is 5.24. The molecule has 1 amide bonds. The van der Waals surface area contributed by atoms with E-state index < -0.39 is 5.54 Å². The first-order chi connectivity index (χ1) is 13.1. The topological polar surface area (TPSA) is 91.8 Å². The molecule has 1 fully saturated rings. The third-order valence-electron chi connectivity index (χ3n) is 5.32. The van der Waals surface area contributed by atoms with Gasteiger partial charge in [0.05, 0.1) is 16.7 Å². The van der Waals surface area contributed by atoms with Gasteiger partial charge >= 0.3 is 0 Å². The third-order valence-corrected chi connectivity index (χ3v) is 7.37. The fourth-order valence-electron chi connectivity index (χ4n) is 3.85.